The molecule has 96 valence electrons. The molecule has 2 aromatic rings. The van der Waals surface area contributed by atoms with Crippen molar-refractivity contribution in [3.05, 3.63) is 47.8 Å². The first-order chi connectivity index (χ1) is 8.54. The van der Waals surface area contributed by atoms with Crippen LogP contribution in [0.25, 0.3) is 0 Å². The minimum Gasteiger partial charge on any atom is -0.378 e. The summed E-state index contributed by atoms with van der Waals surface area (Å²) in [5.41, 5.74) is 1.39. The number of rotatable bonds is 4. The summed E-state index contributed by atoms with van der Waals surface area (Å²) >= 11 is 0. The van der Waals surface area contributed by atoms with Crippen LogP contribution in [0.1, 0.15) is 25.5 Å². The third-order valence-corrected chi connectivity index (χ3v) is 2.55. The first-order valence-electron chi connectivity index (χ1n) is 5.77. The first-order valence-corrected chi connectivity index (χ1v) is 5.77. The second-order valence-corrected chi connectivity index (χ2v) is 4.43. The van der Waals surface area contributed by atoms with Gasteiger partial charge >= 0.3 is 0 Å². The van der Waals surface area contributed by atoms with Crippen LogP contribution >= 0.6 is 0 Å². The fraction of sp³-hybridized carbons (Fsp3) is 0.308. The largest absolute Gasteiger partial charge is 0.378 e. The molecule has 1 aromatic heterocycles. The summed E-state index contributed by atoms with van der Waals surface area (Å²) in [5, 5.41) is 7.24. The van der Waals surface area contributed by atoms with E-state index in [1.165, 1.54) is 12.1 Å². The molecule has 5 heteroatoms. The Morgan fingerprint density at radius 3 is 2.44 bits per heavy atom. The van der Waals surface area contributed by atoms with Crippen LogP contribution in [0.5, 0.6) is 0 Å². The second-order valence-electron chi connectivity index (χ2n) is 4.43. The molecule has 0 radical (unpaired) electrons. The van der Waals surface area contributed by atoms with Crippen molar-refractivity contribution in [3.8, 4) is 0 Å². The SMILES string of the molecule is CC(C)n1cc(NCc2cc(F)cc(F)c2)cn1. The van der Waals surface area contributed by atoms with Crippen molar-refractivity contribution in [2.45, 2.75) is 26.4 Å². The van der Waals surface area contributed by atoms with Gasteiger partial charge in [0.25, 0.3) is 0 Å². The molecular formula is C13H15F2N3. The molecule has 1 heterocycles. The van der Waals surface area contributed by atoms with Gasteiger partial charge in [-0.3, -0.25) is 4.68 Å². The van der Waals surface area contributed by atoms with Crippen LogP contribution in [0.15, 0.2) is 30.6 Å². The lowest BCUT2D eigenvalue weighted by atomic mass is 10.2. The maximum absolute atomic E-state index is 13.0. The molecule has 1 N–H and O–H groups in total. The Hall–Kier alpha value is -1.91. The van der Waals surface area contributed by atoms with Gasteiger partial charge in [0.15, 0.2) is 0 Å². The molecule has 0 aliphatic heterocycles. The van der Waals surface area contributed by atoms with E-state index in [4.69, 9.17) is 0 Å². The van der Waals surface area contributed by atoms with E-state index in [0.717, 1.165) is 11.8 Å². The van der Waals surface area contributed by atoms with Gasteiger partial charge in [0.05, 0.1) is 11.9 Å². The van der Waals surface area contributed by atoms with E-state index in [1.807, 2.05) is 24.7 Å². The molecule has 0 unspecified atom stereocenters. The molecule has 0 bridgehead atoms. The number of halogens is 2. The van der Waals surface area contributed by atoms with Crippen LogP contribution in [0.2, 0.25) is 0 Å². The number of nitrogens with zero attached hydrogens (tertiary/aromatic N) is 2. The lowest BCUT2D eigenvalue weighted by Crippen LogP contribution is -2.01. The number of nitrogens with one attached hydrogen (secondary N) is 1. The van der Waals surface area contributed by atoms with Gasteiger partial charge in [0.2, 0.25) is 0 Å². The predicted molar refractivity (Wildman–Crippen MR) is 66.3 cm³/mol. The van der Waals surface area contributed by atoms with Crippen molar-refractivity contribution in [3.63, 3.8) is 0 Å². The topological polar surface area (TPSA) is 29.9 Å². The van der Waals surface area contributed by atoms with Crippen molar-refractivity contribution >= 4 is 5.69 Å². The Labute approximate surface area is 104 Å². The van der Waals surface area contributed by atoms with Crippen molar-refractivity contribution in [1.29, 1.82) is 0 Å². The molecule has 3 nitrogen and oxygen atoms in total. The number of hydrogen-bond donors (Lipinski definition) is 1. The van der Waals surface area contributed by atoms with Crippen LogP contribution in [0, 0.1) is 11.6 Å². The van der Waals surface area contributed by atoms with Crippen LogP contribution in [-0.4, -0.2) is 9.78 Å². The summed E-state index contributed by atoms with van der Waals surface area (Å²) in [7, 11) is 0. The summed E-state index contributed by atoms with van der Waals surface area (Å²) < 4.78 is 27.8. The number of hydrogen-bond acceptors (Lipinski definition) is 2. The van der Waals surface area contributed by atoms with E-state index in [2.05, 4.69) is 10.4 Å². The summed E-state index contributed by atoms with van der Waals surface area (Å²) in [4.78, 5) is 0. The minimum absolute atomic E-state index is 0.284. The average molecular weight is 251 g/mol. The summed E-state index contributed by atoms with van der Waals surface area (Å²) in [5.74, 6) is -1.13. The zero-order chi connectivity index (χ0) is 13.1. The molecular weight excluding hydrogens is 236 g/mol. The second kappa shape index (κ2) is 5.16. The highest BCUT2D eigenvalue weighted by Crippen LogP contribution is 2.13. The maximum atomic E-state index is 13.0. The zero-order valence-corrected chi connectivity index (χ0v) is 10.3. The molecule has 0 spiro atoms. The Morgan fingerprint density at radius 1 is 1.22 bits per heavy atom. The normalized spacial score (nSPS) is 10.9. The highest BCUT2D eigenvalue weighted by Gasteiger charge is 2.03. The summed E-state index contributed by atoms with van der Waals surface area (Å²) in [6.45, 7) is 4.41. The van der Waals surface area contributed by atoms with Crippen molar-refractivity contribution < 1.29 is 8.78 Å². The van der Waals surface area contributed by atoms with E-state index < -0.39 is 11.6 Å². The smallest absolute Gasteiger partial charge is 0.126 e. The van der Waals surface area contributed by atoms with Gasteiger partial charge in [-0.1, -0.05) is 0 Å². The third-order valence-electron chi connectivity index (χ3n) is 2.55. The van der Waals surface area contributed by atoms with E-state index in [9.17, 15) is 8.78 Å². The predicted octanol–water partition coefficient (Wildman–Crippen LogP) is 3.35. The number of benzene rings is 1. The minimum atomic E-state index is -0.565. The van der Waals surface area contributed by atoms with Gasteiger partial charge in [0, 0.05) is 24.8 Å². The van der Waals surface area contributed by atoms with Gasteiger partial charge in [-0.25, -0.2) is 8.78 Å². The fourth-order valence-electron chi connectivity index (χ4n) is 1.63. The first kappa shape index (κ1) is 12.5. The van der Waals surface area contributed by atoms with Gasteiger partial charge in [0.1, 0.15) is 11.6 Å². The summed E-state index contributed by atoms with van der Waals surface area (Å²) in [6.07, 6.45) is 3.55. The van der Waals surface area contributed by atoms with Crippen LogP contribution in [-0.2, 0) is 6.54 Å². The average Bonchev–Trinajstić information content (AvgIpc) is 2.73. The molecule has 1 aromatic carbocycles. The highest BCUT2D eigenvalue weighted by atomic mass is 19.1. The number of aromatic nitrogens is 2. The van der Waals surface area contributed by atoms with Gasteiger partial charge in [-0.05, 0) is 31.5 Å². The lowest BCUT2D eigenvalue weighted by molar-refractivity contribution is 0.532. The monoisotopic (exact) mass is 251 g/mol. The van der Waals surface area contributed by atoms with Crippen LogP contribution in [0.3, 0.4) is 0 Å². The van der Waals surface area contributed by atoms with E-state index >= 15 is 0 Å². The standard InChI is InChI=1S/C13H15F2N3/c1-9(2)18-8-13(7-17-18)16-6-10-3-11(14)5-12(15)4-10/h3-5,7-9,16H,6H2,1-2H3. The van der Waals surface area contributed by atoms with Crippen molar-refractivity contribution in [1.82, 2.24) is 9.78 Å². The lowest BCUT2D eigenvalue weighted by Gasteiger charge is -2.05. The molecule has 0 saturated heterocycles. The van der Waals surface area contributed by atoms with Crippen LogP contribution in [0.4, 0.5) is 14.5 Å². The molecule has 0 fully saturated rings. The van der Waals surface area contributed by atoms with Crippen molar-refractivity contribution in [2.24, 2.45) is 0 Å². The Kier molecular flexibility index (Phi) is 3.60. The molecule has 0 saturated carbocycles. The Balaban J connectivity index is 2.02. The molecule has 0 atom stereocenters. The van der Waals surface area contributed by atoms with E-state index in [1.54, 1.807) is 6.20 Å². The molecule has 18 heavy (non-hydrogen) atoms. The summed E-state index contributed by atoms with van der Waals surface area (Å²) in [6, 6.07) is 3.76. The zero-order valence-electron chi connectivity index (χ0n) is 10.3. The van der Waals surface area contributed by atoms with Gasteiger partial charge in [-0.2, -0.15) is 5.10 Å². The Morgan fingerprint density at radius 2 is 1.89 bits per heavy atom. The van der Waals surface area contributed by atoms with Crippen LogP contribution < -0.4 is 5.32 Å². The number of anilines is 1. The molecule has 0 aliphatic carbocycles. The van der Waals surface area contributed by atoms with Gasteiger partial charge < -0.3 is 5.32 Å². The fourth-order valence-corrected chi connectivity index (χ4v) is 1.63. The van der Waals surface area contributed by atoms with Gasteiger partial charge in [-0.15, -0.1) is 0 Å². The van der Waals surface area contributed by atoms with E-state index in [0.29, 0.717) is 12.1 Å². The Bertz CT molecular complexity index is 515. The quantitative estimate of drug-likeness (QED) is 0.903. The van der Waals surface area contributed by atoms with Crippen molar-refractivity contribution in [2.75, 3.05) is 5.32 Å². The molecule has 2 rings (SSSR count). The maximum Gasteiger partial charge on any atom is 0.126 e. The highest BCUT2D eigenvalue weighted by molar-refractivity contribution is 5.39. The molecule has 0 aliphatic rings. The van der Waals surface area contributed by atoms with E-state index in [-0.39, 0.29) is 6.04 Å². The third kappa shape index (κ3) is 3.06. The molecule has 0 amide bonds.